The molecule has 0 bridgehead atoms. The molecule has 0 aliphatic rings. The van der Waals surface area contributed by atoms with Crippen LogP contribution in [-0.4, -0.2) is 13.7 Å². The third-order valence-electron chi connectivity index (χ3n) is 4.10. The van der Waals surface area contributed by atoms with Crippen LogP contribution in [0.4, 0.5) is 13.2 Å². The summed E-state index contributed by atoms with van der Waals surface area (Å²) >= 11 is 0. The van der Waals surface area contributed by atoms with Crippen molar-refractivity contribution in [3.8, 4) is 17.2 Å². The van der Waals surface area contributed by atoms with E-state index in [4.69, 9.17) is 14.2 Å². The molecule has 0 radical (unpaired) electrons. The first-order valence-corrected chi connectivity index (χ1v) is 8.61. The highest BCUT2D eigenvalue weighted by molar-refractivity contribution is 5.85. The van der Waals surface area contributed by atoms with E-state index in [1.54, 1.807) is 6.07 Å². The Hall–Kier alpha value is -3.15. The van der Waals surface area contributed by atoms with E-state index in [9.17, 15) is 13.2 Å². The molecule has 0 saturated carbocycles. The molecule has 0 aliphatic heterocycles. The van der Waals surface area contributed by atoms with Gasteiger partial charge < -0.3 is 14.2 Å². The number of hydrogen-bond donors (Lipinski definition) is 0. The molecule has 28 heavy (non-hydrogen) atoms. The first-order chi connectivity index (χ1) is 13.4. The maximum Gasteiger partial charge on any atom is 0.426 e. The number of benzene rings is 3. The highest BCUT2D eigenvalue weighted by Gasteiger charge is 2.34. The number of hydrogen-bond acceptors (Lipinski definition) is 3. The zero-order valence-corrected chi connectivity index (χ0v) is 15.4. The Balaban J connectivity index is 1.79. The van der Waals surface area contributed by atoms with E-state index < -0.39 is 11.9 Å². The first-order valence-electron chi connectivity index (χ1n) is 8.61. The molecule has 3 aromatic rings. The predicted octanol–water partition coefficient (Wildman–Crippen LogP) is 6.07. The summed E-state index contributed by atoms with van der Waals surface area (Å²) in [6.07, 6.45) is 0.0895. The number of fused-ring (bicyclic) bond motifs is 1. The molecule has 3 nitrogen and oxygen atoms in total. The summed E-state index contributed by atoms with van der Waals surface area (Å²) in [6.45, 7) is 2.23. The number of methoxy groups -OCH3 is 1. The van der Waals surface area contributed by atoms with Gasteiger partial charge in [0.1, 0.15) is 18.1 Å². The molecule has 0 N–H and O–H groups in total. The average molecular weight is 388 g/mol. The quantitative estimate of drug-likeness (QED) is 0.460. The second kappa shape index (κ2) is 8.25. The maximum atomic E-state index is 14.5. The summed E-state index contributed by atoms with van der Waals surface area (Å²) in [5.74, 6) is -0.0843. The normalized spacial score (nSPS) is 11.8. The van der Waals surface area contributed by atoms with Gasteiger partial charge in [-0.3, -0.25) is 0 Å². The average Bonchev–Trinajstić information content (AvgIpc) is 2.68. The van der Waals surface area contributed by atoms with Crippen molar-refractivity contribution in [2.45, 2.75) is 13.0 Å². The Labute approximate surface area is 161 Å². The number of ether oxygens (including phenoxy) is 3. The van der Waals surface area contributed by atoms with Crippen LogP contribution < -0.4 is 14.2 Å². The highest BCUT2D eigenvalue weighted by Crippen LogP contribution is 2.34. The third kappa shape index (κ3) is 4.39. The fourth-order valence-corrected chi connectivity index (χ4v) is 2.64. The van der Waals surface area contributed by atoms with Crippen LogP contribution in [0.25, 0.3) is 10.8 Å². The SMILES string of the molecule is C/C=C/COc1ccc(C(F)(F)Oc2ccc3cc(OC)c(F)cc3c2)cc1. The monoisotopic (exact) mass is 388 g/mol. The van der Waals surface area contributed by atoms with Crippen molar-refractivity contribution in [3.63, 3.8) is 0 Å². The van der Waals surface area contributed by atoms with Crippen molar-refractivity contribution >= 4 is 10.8 Å². The largest absolute Gasteiger partial charge is 0.494 e. The van der Waals surface area contributed by atoms with E-state index >= 15 is 0 Å². The first kappa shape index (κ1) is 19.6. The van der Waals surface area contributed by atoms with Crippen LogP contribution in [0.5, 0.6) is 17.2 Å². The molecule has 3 rings (SSSR count). The molecule has 0 aromatic heterocycles. The zero-order chi connectivity index (χ0) is 20.1. The molecular formula is C22H19F3O3. The van der Waals surface area contributed by atoms with Crippen LogP contribution in [0, 0.1) is 5.82 Å². The second-order valence-corrected chi connectivity index (χ2v) is 6.02. The molecule has 0 unspecified atom stereocenters. The van der Waals surface area contributed by atoms with E-state index in [0.29, 0.717) is 23.1 Å². The number of rotatable bonds is 7. The van der Waals surface area contributed by atoms with Gasteiger partial charge in [0.15, 0.2) is 11.6 Å². The van der Waals surface area contributed by atoms with Crippen molar-refractivity contribution in [3.05, 3.63) is 78.1 Å². The Bertz CT molecular complexity index is 982. The maximum absolute atomic E-state index is 14.5. The Kier molecular flexibility index (Phi) is 5.78. The van der Waals surface area contributed by atoms with Crippen molar-refractivity contribution in [1.82, 2.24) is 0 Å². The van der Waals surface area contributed by atoms with Crippen molar-refractivity contribution in [1.29, 1.82) is 0 Å². The topological polar surface area (TPSA) is 27.7 Å². The number of allylic oxidation sites excluding steroid dienone is 1. The van der Waals surface area contributed by atoms with Gasteiger partial charge in [-0.2, -0.15) is 8.78 Å². The number of alkyl halides is 2. The van der Waals surface area contributed by atoms with Gasteiger partial charge in [0.2, 0.25) is 0 Å². The van der Waals surface area contributed by atoms with Crippen molar-refractivity contribution in [2.24, 2.45) is 0 Å². The second-order valence-electron chi connectivity index (χ2n) is 6.02. The summed E-state index contributed by atoms with van der Waals surface area (Å²) in [5, 5.41) is 1.08. The summed E-state index contributed by atoms with van der Waals surface area (Å²) in [7, 11) is 1.36. The van der Waals surface area contributed by atoms with Gasteiger partial charge in [-0.25, -0.2) is 4.39 Å². The predicted molar refractivity (Wildman–Crippen MR) is 102 cm³/mol. The molecule has 0 atom stereocenters. The fourth-order valence-electron chi connectivity index (χ4n) is 2.64. The van der Waals surface area contributed by atoms with Gasteiger partial charge in [0.05, 0.1) is 12.7 Å². The Morgan fingerprint density at radius 1 is 0.929 bits per heavy atom. The zero-order valence-electron chi connectivity index (χ0n) is 15.4. The van der Waals surface area contributed by atoms with E-state index in [0.717, 1.165) is 0 Å². The molecule has 146 valence electrons. The molecule has 6 heteroatoms. The Morgan fingerprint density at radius 3 is 2.32 bits per heavy atom. The van der Waals surface area contributed by atoms with Gasteiger partial charge in [-0.1, -0.05) is 18.2 Å². The molecule has 0 saturated heterocycles. The van der Waals surface area contributed by atoms with Gasteiger partial charge in [0, 0.05) is 0 Å². The van der Waals surface area contributed by atoms with Crippen LogP contribution in [0.3, 0.4) is 0 Å². The lowest BCUT2D eigenvalue weighted by atomic mass is 10.1. The minimum atomic E-state index is -3.56. The smallest absolute Gasteiger partial charge is 0.426 e. The van der Waals surface area contributed by atoms with Crippen LogP contribution in [0.2, 0.25) is 0 Å². The summed E-state index contributed by atoms with van der Waals surface area (Å²) in [4.78, 5) is 0. The molecule has 0 heterocycles. The summed E-state index contributed by atoms with van der Waals surface area (Å²) < 4.78 is 58.1. The van der Waals surface area contributed by atoms with E-state index in [1.807, 2.05) is 19.1 Å². The van der Waals surface area contributed by atoms with Crippen LogP contribution in [0.15, 0.2) is 66.7 Å². The summed E-state index contributed by atoms with van der Waals surface area (Å²) in [5.41, 5.74) is -0.313. The van der Waals surface area contributed by atoms with Crippen LogP contribution >= 0.6 is 0 Å². The molecule has 0 fully saturated rings. The Morgan fingerprint density at radius 2 is 1.64 bits per heavy atom. The van der Waals surface area contributed by atoms with Gasteiger partial charge in [0.25, 0.3) is 0 Å². The van der Waals surface area contributed by atoms with Gasteiger partial charge >= 0.3 is 6.11 Å². The van der Waals surface area contributed by atoms with E-state index in [2.05, 4.69) is 0 Å². The molecule has 0 amide bonds. The van der Waals surface area contributed by atoms with Gasteiger partial charge in [-0.15, -0.1) is 0 Å². The fraction of sp³-hybridized carbons (Fsp3) is 0.182. The minimum Gasteiger partial charge on any atom is -0.494 e. The highest BCUT2D eigenvalue weighted by atomic mass is 19.3. The molecule has 0 aliphatic carbocycles. The lowest BCUT2D eigenvalue weighted by Crippen LogP contribution is -2.21. The van der Waals surface area contributed by atoms with Crippen LogP contribution in [0.1, 0.15) is 12.5 Å². The lowest BCUT2D eigenvalue weighted by Gasteiger charge is -2.19. The van der Waals surface area contributed by atoms with Crippen molar-refractivity contribution < 1.29 is 27.4 Å². The number of halogens is 3. The molecule has 0 spiro atoms. The molecule has 3 aromatic carbocycles. The molecular weight excluding hydrogens is 369 g/mol. The third-order valence-corrected chi connectivity index (χ3v) is 4.10. The van der Waals surface area contributed by atoms with Crippen LogP contribution in [-0.2, 0) is 6.11 Å². The summed E-state index contributed by atoms with van der Waals surface area (Å²) in [6, 6.07) is 12.5. The van der Waals surface area contributed by atoms with E-state index in [-0.39, 0.29) is 17.1 Å². The van der Waals surface area contributed by atoms with Crippen molar-refractivity contribution in [2.75, 3.05) is 13.7 Å². The lowest BCUT2D eigenvalue weighted by molar-refractivity contribution is -0.185. The standard InChI is InChI=1S/C22H19F3O3/c1-3-4-11-27-18-9-6-17(7-10-18)22(24,25)28-19-8-5-15-14-21(26-2)20(23)13-16(15)12-19/h3-10,12-14H,11H2,1-2H3/b4-3+. The van der Waals surface area contributed by atoms with E-state index in [1.165, 1.54) is 55.6 Å². The minimum absolute atomic E-state index is 0.0736. The van der Waals surface area contributed by atoms with Gasteiger partial charge in [-0.05, 0) is 66.2 Å².